The SMILES string of the molecule is CCOP(=O)(CC(=O)N(Cc1ccccc1)C(C(=O)NOC(C)=O)C(C)C)OCC. The van der Waals surface area contributed by atoms with Gasteiger partial charge in [-0.3, -0.25) is 18.9 Å². The van der Waals surface area contributed by atoms with E-state index in [-0.39, 0.29) is 25.7 Å². The van der Waals surface area contributed by atoms with E-state index in [1.807, 2.05) is 30.3 Å². The molecule has 0 aliphatic rings. The summed E-state index contributed by atoms with van der Waals surface area (Å²) in [5.74, 6) is -2.25. The van der Waals surface area contributed by atoms with Gasteiger partial charge in [0.25, 0.3) is 5.91 Å². The van der Waals surface area contributed by atoms with Gasteiger partial charge in [-0.1, -0.05) is 44.2 Å². The van der Waals surface area contributed by atoms with E-state index in [0.29, 0.717) is 0 Å². The van der Waals surface area contributed by atoms with Gasteiger partial charge in [-0.15, -0.1) is 0 Å². The highest BCUT2D eigenvalue weighted by atomic mass is 31.2. The number of hydroxylamine groups is 1. The lowest BCUT2D eigenvalue weighted by Gasteiger charge is -2.34. The van der Waals surface area contributed by atoms with Gasteiger partial charge in [-0.05, 0) is 25.3 Å². The van der Waals surface area contributed by atoms with Crippen molar-refractivity contribution in [1.82, 2.24) is 10.4 Å². The Morgan fingerprint density at radius 1 is 1.07 bits per heavy atom. The summed E-state index contributed by atoms with van der Waals surface area (Å²) in [5.41, 5.74) is 2.86. The van der Waals surface area contributed by atoms with Crippen LogP contribution in [0.4, 0.5) is 0 Å². The van der Waals surface area contributed by atoms with E-state index in [0.717, 1.165) is 12.5 Å². The van der Waals surface area contributed by atoms with Gasteiger partial charge >= 0.3 is 13.6 Å². The summed E-state index contributed by atoms with van der Waals surface area (Å²) >= 11 is 0. The van der Waals surface area contributed by atoms with Crippen LogP contribution in [0.5, 0.6) is 0 Å². The summed E-state index contributed by atoms with van der Waals surface area (Å²) in [6.07, 6.45) is -0.508. The van der Waals surface area contributed by atoms with Crippen LogP contribution in [0.15, 0.2) is 30.3 Å². The first-order chi connectivity index (χ1) is 14.1. The van der Waals surface area contributed by atoms with E-state index >= 15 is 0 Å². The van der Waals surface area contributed by atoms with Gasteiger partial charge in [0.1, 0.15) is 12.2 Å². The second-order valence-corrected chi connectivity index (χ2v) is 8.92. The quantitative estimate of drug-likeness (QED) is 0.414. The highest BCUT2D eigenvalue weighted by molar-refractivity contribution is 7.54. The molecule has 0 fully saturated rings. The van der Waals surface area contributed by atoms with E-state index < -0.39 is 37.6 Å². The maximum atomic E-state index is 13.2. The van der Waals surface area contributed by atoms with E-state index in [1.54, 1.807) is 27.7 Å². The molecule has 0 aliphatic heterocycles. The van der Waals surface area contributed by atoms with Crippen molar-refractivity contribution in [3.8, 4) is 0 Å². The lowest BCUT2D eigenvalue weighted by atomic mass is 10.0. The lowest BCUT2D eigenvalue weighted by Crippen LogP contribution is -2.52. The Balaban J connectivity index is 3.23. The molecule has 0 bridgehead atoms. The van der Waals surface area contributed by atoms with Crippen molar-refractivity contribution in [3.05, 3.63) is 35.9 Å². The first-order valence-electron chi connectivity index (χ1n) is 9.82. The summed E-state index contributed by atoms with van der Waals surface area (Å²) in [4.78, 5) is 42.9. The largest absolute Gasteiger partial charge is 0.341 e. The van der Waals surface area contributed by atoms with Crippen LogP contribution in [0.1, 0.15) is 40.2 Å². The molecule has 0 radical (unpaired) electrons. The molecule has 1 aromatic rings. The Kier molecular flexibility index (Phi) is 10.7. The van der Waals surface area contributed by atoms with Gasteiger partial charge in [0.2, 0.25) is 5.91 Å². The van der Waals surface area contributed by atoms with Crippen LogP contribution >= 0.6 is 7.60 Å². The zero-order valence-electron chi connectivity index (χ0n) is 18.1. The number of carbonyl (C=O) groups is 3. The third-order valence-corrected chi connectivity index (χ3v) is 5.99. The van der Waals surface area contributed by atoms with Crippen molar-refractivity contribution in [1.29, 1.82) is 0 Å². The van der Waals surface area contributed by atoms with Crippen molar-refractivity contribution in [2.45, 2.75) is 47.2 Å². The molecule has 9 nitrogen and oxygen atoms in total. The summed E-state index contributed by atoms with van der Waals surface area (Å²) in [6, 6.07) is 8.10. The third kappa shape index (κ3) is 8.26. The van der Waals surface area contributed by atoms with E-state index in [9.17, 15) is 18.9 Å². The number of hydrogen-bond donors (Lipinski definition) is 1. The molecule has 30 heavy (non-hydrogen) atoms. The van der Waals surface area contributed by atoms with E-state index in [2.05, 4.69) is 10.3 Å². The number of carbonyl (C=O) groups excluding carboxylic acids is 3. The lowest BCUT2D eigenvalue weighted by molar-refractivity contribution is -0.160. The topological polar surface area (TPSA) is 111 Å². The molecule has 0 spiro atoms. The minimum atomic E-state index is -3.67. The van der Waals surface area contributed by atoms with Crippen LogP contribution in [0.3, 0.4) is 0 Å². The highest BCUT2D eigenvalue weighted by Gasteiger charge is 2.37. The van der Waals surface area contributed by atoms with Crippen molar-refractivity contribution < 1.29 is 32.8 Å². The zero-order chi connectivity index (χ0) is 22.7. The molecule has 168 valence electrons. The second-order valence-electron chi connectivity index (χ2n) is 6.86. The standard InChI is InChI=1S/C20H31N2O7P/c1-6-27-30(26,28-7-2)14-18(24)22(13-17-11-9-8-10-12-17)19(15(3)4)20(25)21-29-16(5)23/h8-12,15,19H,6-7,13-14H2,1-5H3,(H,21,25). The van der Waals surface area contributed by atoms with Gasteiger partial charge in [-0.25, -0.2) is 0 Å². The molecule has 1 atom stereocenters. The van der Waals surface area contributed by atoms with Gasteiger partial charge in [0.15, 0.2) is 0 Å². The number of rotatable bonds is 11. The molecule has 2 amide bonds. The fraction of sp³-hybridized carbons (Fsp3) is 0.550. The predicted octanol–water partition coefficient (Wildman–Crippen LogP) is 2.90. The van der Waals surface area contributed by atoms with Crippen LogP contribution < -0.4 is 5.48 Å². The van der Waals surface area contributed by atoms with Crippen LogP contribution in [0.25, 0.3) is 0 Å². The zero-order valence-corrected chi connectivity index (χ0v) is 19.0. The van der Waals surface area contributed by atoms with Crippen LogP contribution in [-0.2, 0) is 39.4 Å². The summed E-state index contributed by atoms with van der Waals surface area (Å²) in [6.45, 7) is 8.30. The highest BCUT2D eigenvalue weighted by Crippen LogP contribution is 2.48. The molecule has 0 saturated carbocycles. The van der Waals surface area contributed by atoms with Gasteiger partial charge < -0.3 is 18.8 Å². The molecule has 1 N–H and O–H groups in total. The molecular formula is C20H31N2O7P. The molecule has 0 aliphatic carbocycles. The number of benzene rings is 1. The second kappa shape index (κ2) is 12.5. The van der Waals surface area contributed by atoms with Gasteiger partial charge in [0.05, 0.1) is 13.2 Å². The average Bonchev–Trinajstić information content (AvgIpc) is 2.66. The number of nitrogens with one attached hydrogen (secondary N) is 1. The van der Waals surface area contributed by atoms with Crippen LogP contribution in [-0.4, -0.2) is 48.1 Å². The molecule has 10 heteroatoms. The smallest absolute Gasteiger partial charge is 0.340 e. The van der Waals surface area contributed by atoms with Gasteiger partial charge in [0, 0.05) is 13.5 Å². The third-order valence-electron chi connectivity index (χ3n) is 4.03. The monoisotopic (exact) mass is 442 g/mol. The Morgan fingerprint density at radius 3 is 2.10 bits per heavy atom. The molecule has 0 aromatic heterocycles. The van der Waals surface area contributed by atoms with Crippen molar-refractivity contribution in [2.75, 3.05) is 19.4 Å². The summed E-state index contributed by atoms with van der Waals surface area (Å²) in [5, 5.41) is 0. The average molecular weight is 442 g/mol. The molecule has 1 rings (SSSR count). The Bertz CT molecular complexity index is 745. The van der Waals surface area contributed by atoms with E-state index in [4.69, 9.17) is 9.05 Å². The van der Waals surface area contributed by atoms with Crippen LogP contribution in [0, 0.1) is 5.92 Å². The van der Waals surface area contributed by atoms with Gasteiger partial charge in [-0.2, -0.15) is 5.48 Å². The Labute approximate surface area is 177 Å². The van der Waals surface area contributed by atoms with Crippen molar-refractivity contribution in [3.63, 3.8) is 0 Å². The minimum Gasteiger partial charge on any atom is -0.341 e. The number of hydrogen-bond acceptors (Lipinski definition) is 7. The first kappa shape index (κ1) is 25.8. The molecular weight excluding hydrogens is 411 g/mol. The number of amides is 2. The molecule has 0 saturated heterocycles. The fourth-order valence-electron chi connectivity index (χ4n) is 2.89. The molecule has 0 heterocycles. The number of nitrogens with zero attached hydrogens (tertiary/aromatic N) is 1. The summed E-state index contributed by atoms with van der Waals surface area (Å²) < 4.78 is 23.4. The predicted molar refractivity (Wildman–Crippen MR) is 111 cm³/mol. The Hall–Kier alpha value is -2.22. The first-order valence-corrected chi connectivity index (χ1v) is 11.5. The minimum absolute atomic E-state index is 0.0915. The van der Waals surface area contributed by atoms with E-state index in [1.165, 1.54) is 4.90 Å². The molecule has 1 aromatic carbocycles. The normalized spacial score (nSPS) is 12.3. The molecule has 1 unspecified atom stereocenters. The fourth-order valence-corrected chi connectivity index (χ4v) is 4.44. The van der Waals surface area contributed by atoms with Crippen LogP contribution in [0.2, 0.25) is 0 Å². The maximum absolute atomic E-state index is 13.2. The summed E-state index contributed by atoms with van der Waals surface area (Å²) in [7, 11) is -3.67. The van der Waals surface area contributed by atoms with Crippen molar-refractivity contribution >= 4 is 25.4 Å². The maximum Gasteiger partial charge on any atom is 0.340 e. The Morgan fingerprint density at radius 2 is 1.63 bits per heavy atom. The van der Waals surface area contributed by atoms with Crippen molar-refractivity contribution in [2.24, 2.45) is 5.92 Å².